The minimum atomic E-state index is -0.835. The number of aryl methyl sites for hydroxylation is 1. The van der Waals surface area contributed by atoms with Gasteiger partial charge in [-0.2, -0.15) is 5.10 Å². The molecule has 0 bridgehead atoms. The fraction of sp³-hybridized carbons (Fsp3) is 0.364. The maximum atomic E-state index is 13.9. The summed E-state index contributed by atoms with van der Waals surface area (Å²) in [5.74, 6) is -0.243. The molecule has 33 heavy (non-hydrogen) atoms. The molecule has 3 amide bonds. The van der Waals surface area contributed by atoms with E-state index in [0.29, 0.717) is 43.2 Å². The van der Waals surface area contributed by atoms with Crippen LogP contribution in [0.4, 0.5) is 25.1 Å². The third-order valence-electron chi connectivity index (χ3n) is 6.28. The van der Waals surface area contributed by atoms with E-state index in [1.54, 1.807) is 35.1 Å². The lowest BCUT2D eigenvalue weighted by Crippen LogP contribution is -2.55. The maximum Gasteiger partial charge on any atom is 0.321 e. The summed E-state index contributed by atoms with van der Waals surface area (Å²) >= 11 is 0. The number of amides is 3. The molecule has 1 fully saturated rings. The molecule has 0 radical (unpaired) electrons. The van der Waals surface area contributed by atoms with Gasteiger partial charge in [-0.1, -0.05) is 5.16 Å². The molecule has 1 spiro atoms. The van der Waals surface area contributed by atoms with E-state index in [9.17, 15) is 18.4 Å². The number of urea groups is 1. The number of piperidine rings is 1. The van der Waals surface area contributed by atoms with Gasteiger partial charge in [0.1, 0.15) is 28.9 Å². The lowest BCUT2D eigenvalue weighted by molar-refractivity contribution is -0.123. The summed E-state index contributed by atoms with van der Waals surface area (Å²) in [7, 11) is 0. The first kappa shape index (κ1) is 21.1. The quantitative estimate of drug-likeness (QED) is 0.652. The third-order valence-corrected chi connectivity index (χ3v) is 6.28. The Morgan fingerprint density at radius 3 is 2.70 bits per heavy atom. The van der Waals surface area contributed by atoms with Gasteiger partial charge in [-0.3, -0.25) is 9.69 Å². The van der Waals surface area contributed by atoms with Crippen molar-refractivity contribution in [3.05, 3.63) is 59.6 Å². The van der Waals surface area contributed by atoms with Crippen LogP contribution in [-0.2, 0) is 16.9 Å². The van der Waals surface area contributed by atoms with E-state index >= 15 is 0 Å². The van der Waals surface area contributed by atoms with Gasteiger partial charge in [0.15, 0.2) is 0 Å². The molecule has 2 aliphatic heterocycles. The average molecular weight is 456 g/mol. The normalized spacial score (nSPS) is 17.4. The molecule has 0 atom stereocenters. The van der Waals surface area contributed by atoms with Gasteiger partial charge >= 0.3 is 6.03 Å². The van der Waals surface area contributed by atoms with Crippen LogP contribution < -0.4 is 10.2 Å². The highest BCUT2D eigenvalue weighted by molar-refractivity contribution is 5.94. The molecule has 2 aliphatic rings. The number of aromatic nitrogens is 3. The van der Waals surface area contributed by atoms with Gasteiger partial charge in [-0.05, 0) is 31.9 Å². The van der Waals surface area contributed by atoms with E-state index in [1.165, 1.54) is 6.07 Å². The molecule has 0 saturated carbocycles. The predicted octanol–water partition coefficient (Wildman–Crippen LogP) is 3.42. The Morgan fingerprint density at radius 1 is 1.21 bits per heavy atom. The molecule has 0 unspecified atom stereocenters. The van der Waals surface area contributed by atoms with Gasteiger partial charge in [0.25, 0.3) is 0 Å². The number of carbonyl (C=O) groups excluding carboxylic acids is 2. The highest BCUT2D eigenvalue weighted by Gasteiger charge is 2.46. The van der Waals surface area contributed by atoms with Crippen LogP contribution in [0.3, 0.4) is 0 Å². The molecule has 4 heterocycles. The Hall–Kier alpha value is -3.76. The first-order chi connectivity index (χ1) is 15.8. The zero-order valence-corrected chi connectivity index (χ0v) is 17.9. The van der Waals surface area contributed by atoms with Crippen LogP contribution in [0.2, 0.25) is 0 Å². The highest BCUT2D eigenvalue weighted by atomic mass is 19.1. The molecule has 5 rings (SSSR count). The molecule has 9 nitrogen and oxygen atoms in total. The Morgan fingerprint density at radius 2 is 2.00 bits per heavy atom. The Labute approximate surface area is 187 Å². The van der Waals surface area contributed by atoms with E-state index in [-0.39, 0.29) is 24.6 Å². The molecule has 0 aliphatic carbocycles. The molecular formula is C22H22F2N6O3. The van der Waals surface area contributed by atoms with Gasteiger partial charge in [0.05, 0.1) is 30.4 Å². The maximum absolute atomic E-state index is 13.9. The van der Waals surface area contributed by atoms with E-state index in [2.05, 4.69) is 15.6 Å². The van der Waals surface area contributed by atoms with E-state index in [1.807, 2.05) is 4.68 Å². The number of nitrogens with one attached hydrogen (secondary N) is 1. The molecule has 1 N–H and O–H groups in total. The highest BCUT2D eigenvalue weighted by Crippen LogP contribution is 2.41. The summed E-state index contributed by atoms with van der Waals surface area (Å²) in [5.41, 5.74) is 0.0380. The van der Waals surface area contributed by atoms with Crippen molar-refractivity contribution in [2.75, 3.05) is 23.3 Å². The summed E-state index contributed by atoms with van der Waals surface area (Å²) in [6.07, 6.45) is 2.95. The van der Waals surface area contributed by atoms with Gasteiger partial charge in [0, 0.05) is 31.3 Å². The van der Waals surface area contributed by atoms with E-state index in [4.69, 9.17) is 4.52 Å². The molecule has 172 valence electrons. The average Bonchev–Trinajstić information content (AvgIpc) is 3.43. The summed E-state index contributed by atoms with van der Waals surface area (Å²) in [6.45, 7) is 2.81. The van der Waals surface area contributed by atoms with Crippen LogP contribution in [0.1, 0.15) is 30.7 Å². The Bertz CT molecular complexity index is 1210. The molecule has 3 aromatic rings. The summed E-state index contributed by atoms with van der Waals surface area (Å²) in [4.78, 5) is 29.0. The second-order valence-electron chi connectivity index (χ2n) is 8.45. The van der Waals surface area contributed by atoms with Crippen molar-refractivity contribution in [3.63, 3.8) is 0 Å². The monoisotopic (exact) mass is 456 g/mol. The van der Waals surface area contributed by atoms with E-state index in [0.717, 1.165) is 12.1 Å². The number of likely N-dealkylation sites (tertiary alicyclic amines) is 1. The topological polar surface area (TPSA) is 96.5 Å². The van der Waals surface area contributed by atoms with Crippen LogP contribution in [0.5, 0.6) is 0 Å². The van der Waals surface area contributed by atoms with Gasteiger partial charge < -0.3 is 14.7 Å². The largest absolute Gasteiger partial charge is 0.361 e. The summed E-state index contributed by atoms with van der Waals surface area (Å²) < 4.78 is 34.0. The third kappa shape index (κ3) is 3.83. The van der Waals surface area contributed by atoms with Crippen molar-refractivity contribution in [2.24, 2.45) is 0 Å². The number of hydrogen-bond donors (Lipinski definition) is 1. The number of anilines is 2. The van der Waals surface area contributed by atoms with Crippen molar-refractivity contribution >= 4 is 23.4 Å². The first-order valence-corrected chi connectivity index (χ1v) is 10.6. The zero-order chi connectivity index (χ0) is 23.2. The van der Waals surface area contributed by atoms with Gasteiger partial charge in [-0.15, -0.1) is 0 Å². The van der Waals surface area contributed by atoms with Crippen molar-refractivity contribution in [2.45, 2.75) is 38.3 Å². The van der Waals surface area contributed by atoms with Crippen LogP contribution in [0, 0.1) is 18.6 Å². The number of rotatable bonds is 3. The number of hydrogen-bond acceptors (Lipinski definition) is 5. The fourth-order valence-electron chi connectivity index (χ4n) is 4.57. The Kier molecular flexibility index (Phi) is 5.10. The summed E-state index contributed by atoms with van der Waals surface area (Å²) in [6, 6.07) is 6.11. The predicted molar refractivity (Wildman–Crippen MR) is 113 cm³/mol. The number of carbonyl (C=O) groups is 2. The van der Waals surface area contributed by atoms with Crippen molar-refractivity contribution in [3.8, 4) is 0 Å². The number of fused-ring (bicyclic) bond motifs is 2. The van der Waals surface area contributed by atoms with Crippen molar-refractivity contribution in [1.29, 1.82) is 0 Å². The first-order valence-electron chi connectivity index (χ1n) is 10.6. The fourth-order valence-corrected chi connectivity index (χ4v) is 4.57. The second-order valence-corrected chi connectivity index (χ2v) is 8.45. The van der Waals surface area contributed by atoms with Crippen LogP contribution in [0.15, 0.2) is 41.1 Å². The molecular weight excluding hydrogens is 434 g/mol. The standard InChI is InChI=1S/C22H22F2N6O3/c1-14-10-16(27-33-14)13-29-19-4-7-25-30(19)22(12-20(29)31)5-8-28(9-6-22)21(32)26-18-3-2-15(23)11-17(18)24/h2-4,7,10-11H,5-6,8-9,12-13H2,1H3,(H,26,32). The molecule has 1 saturated heterocycles. The van der Waals surface area contributed by atoms with Crippen LogP contribution in [0.25, 0.3) is 0 Å². The molecule has 1 aromatic carbocycles. The zero-order valence-electron chi connectivity index (χ0n) is 17.9. The second kappa shape index (κ2) is 7.98. The van der Waals surface area contributed by atoms with Crippen molar-refractivity contribution < 1.29 is 22.9 Å². The SMILES string of the molecule is Cc1cc(CN2C(=O)CC3(CCN(C(=O)Nc4ccc(F)cc4F)CC3)n3nccc32)no1. The number of nitrogens with zero attached hydrogens (tertiary/aromatic N) is 5. The molecule has 2 aromatic heterocycles. The van der Waals surface area contributed by atoms with Crippen molar-refractivity contribution in [1.82, 2.24) is 19.8 Å². The lowest BCUT2D eigenvalue weighted by atomic mass is 9.82. The Balaban J connectivity index is 1.30. The lowest BCUT2D eigenvalue weighted by Gasteiger charge is -2.46. The smallest absolute Gasteiger partial charge is 0.321 e. The number of halogens is 2. The summed E-state index contributed by atoms with van der Waals surface area (Å²) in [5, 5.41) is 11.0. The van der Waals surface area contributed by atoms with Crippen LogP contribution in [-0.4, -0.2) is 44.9 Å². The number of benzene rings is 1. The molecule has 11 heteroatoms. The van der Waals surface area contributed by atoms with Gasteiger partial charge in [0.2, 0.25) is 5.91 Å². The van der Waals surface area contributed by atoms with Crippen LogP contribution >= 0.6 is 0 Å². The van der Waals surface area contributed by atoms with E-state index < -0.39 is 23.2 Å². The minimum Gasteiger partial charge on any atom is -0.361 e. The minimum absolute atomic E-state index is 0.0464. The van der Waals surface area contributed by atoms with Gasteiger partial charge in [-0.25, -0.2) is 18.3 Å².